The van der Waals surface area contributed by atoms with Crippen LogP contribution in [0.3, 0.4) is 0 Å². The first-order valence-electron chi connectivity index (χ1n) is 6.46. The van der Waals surface area contributed by atoms with Gasteiger partial charge >= 0.3 is 5.97 Å². The second-order valence-electron chi connectivity index (χ2n) is 5.28. The van der Waals surface area contributed by atoms with Gasteiger partial charge < -0.3 is 10.2 Å². The van der Waals surface area contributed by atoms with Gasteiger partial charge in [0, 0.05) is 6.20 Å². The van der Waals surface area contributed by atoms with Crippen LogP contribution in [-0.4, -0.2) is 27.3 Å². The molecule has 0 aromatic carbocycles. The van der Waals surface area contributed by atoms with E-state index < -0.39 is 17.5 Å². The summed E-state index contributed by atoms with van der Waals surface area (Å²) < 4.78 is 0. The average molecular weight is 261 g/mol. The van der Waals surface area contributed by atoms with E-state index in [0.29, 0.717) is 12.8 Å². The summed E-state index contributed by atoms with van der Waals surface area (Å²) in [7, 11) is 0. The molecule has 0 aliphatic heterocycles. The Bertz CT molecular complexity index is 533. The van der Waals surface area contributed by atoms with Crippen molar-refractivity contribution in [2.24, 2.45) is 5.41 Å². The fourth-order valence-corrected chi connectivity index (χ4v) is 2.73. The van der Waals surface area contributed by atoms with Gasteiger partial charge in [-0.05, 0) is 49.5 Å². The van der Waals surface area contributed by atoms with E-state index in [4.69, 9.17) is 0 Å². The Hall–Kier alpha value is -1.68. The van der Waals surface area contributed by atoms with E-state index in [1.807, 2.05) is 19.1 Å². The molecule has 2 atom stereocenters. The number of carboxylic acid groups (broad SMARTS) is 1. The van der Waals surface area contributed by atoms with Crippen LogP contribution >= 0.6 is 0 Å². The van der Waals surface area contributed by atoms with Crippen molar-refractivity contribution in [1.29, 1.82) is 0 Å². The Balaban J connectivity index is 2.43. The summed E-state index contributed by atoms with van der Waals surface area (Å²) in [4.78, 5) is 15.9. The van der Waals surface area contributed by atoms with Gasteiger partial charge in [-0.1, -0.05) is 13.0 Å². The highest BCUT2D eigenvalue weighted by atomic mass is 16.4. The SMILES string of the molecule is CCC1(C(=O)O)CC(c2ccc(C)cn2)=C(C)C1O. The number of carboxylic acids is 1. The maximum atomic E-state index is 11.5. The molecule has 1 aromatic rings. The quantitative estimate of drug-likeness (QED) is 0.876. The van der Waals surface area contributed by atoms with E-state index in [9.17, 15) is 15.0 Å². The second-order valence-corrected chi connectivity index (χ2v) is 5.28. The summed E-state index contributed by atoms with van der Waals surface area (Å²) in [5, 5.41) is 19.8. The zero-order valence-corrected chi connectivity index (χ0v) is 11.5. The van der Waals surface area contributed by atoms with E-state index in [0.717, 1.165) is 22.4 Å². The number of nitrogens with zero attached hydrogens (tertiary/aromatic N) is 1. The normalized spacial score (nSPS) is 26.8. The minimum Gasteiger partial charge on any atom is -0.481 e. The Morgan fingerprint density at radius 3 is 2.58 bits per heavy atom. The van der Waals surface area contributed by atoms with Crippen molar-refractivity contribution in [2.45, 2.75) is 39.7 Å². The van der Waals surface area contributed by atoms with Crippen molar-refractivity contribution in [3.63, 3.8) is 0 Å². The van der Waals surface area contributed by atoms with Crippen LogP contribution in [0.1, 0.15) is 37.9 Å². The summed E-state index contributed by atoms with van der Waals surface area (Å²) in [5.41, 5.74) is 2.29. The van der Waals surface area contributed by atoms with Crippen LogP contribution < -0.4 is 0 Å². The number of hydrogen-bond acceptors (Lipinski definition) is 3. The summed E-state index contributed by atoms with van der Waals surface area (Å²) in [6.45, 7) is 5.55. The van der Waals surface area contributed by atoms with Crippen LogP contribution in [0.15, 0.2) is 23.9 Å². The van der Waals surface area contributed by atoms with E-state index >= 15 is 0 Å². The number of aryl methyl sites for hydroxylation is 1. The van der Waals surface area contributed by atoms with Gasteiger partial charge in [0.05, 0.1) is 11.8 Å². The maximum Gasteiger partial charge on any atom is 0.312 e. The lowest BCUT2D eigenvalue weighted by Gasteiger charge is -2.27. The number of aliphatic carboxylic acids is 1. The number of carbonyl (C=O) groups is 1. The third-order valence-electron chi connectivity index (χ3n) is 4.18. The largest absolute Gasteiger partial charge is 0.481 e. The topological polar surface area (TPSA) is 70.4 Å². The first-order chi connectivity index (χ1) is 8.92. The summed E-state index contributed by atoms with van der Waals surface area (Å²) in [5.74, 6) is -0.941. The zero-order chi connectivity index (χ0) is 14.2. The molecule has 4 nitrogen and oxygen atoms in total. The summed E-state index contributed by atoms with van der Waals surface area (Å²) in [6, 6.07) is 3.83. The van der Waals surface area contributed by atoms with Crippen LogP contribution in [-0.2, 0) is 4.79 Å². The smallest absolute Gasteiger partial charge is 0.312 e. The van der Waals surface area contributed by atoms with Crippen molar-refractivity contribution in [2.75, 3.05) is 0 Å². The molecule has 1 heterocycles. The standard InChI is InChI=1S/C15H19NO3/c1-4-15(14(18)19)7-11(10(3)13(15)17)12-6-5-9(2)8-16-12/h5-6,8,13,17H,4,7H2,1-3H3,(H,18,19). The number of allylic oxidation sites excluding steroid dienone is 1. The van der Waals surface area contributed by atoms with Gasteiger partial charge in [0.2, 0.25) is 0 Å². The summed E-state index contributed by atoms with van der Waals surface area (Å²) in [6.07, 6.45) is 1.56. The number of aliphatic hydroxyl groups is 1. The minimum absolute atomic E-state index is 0.335. The van der Waals surface area contributed by atoms with Crippen molar-refractivity contribution in [1.82, 2.24) is 4.98 Å². The molecule has 0 amide bonds. The molecule has 2 unspecified atom stereocenters. The van der Waals surface area contributed by atoms with Gasteiger partial charge in [-0.2, -0.15) is 0 Å². The van der Waals surface area contributed by atoms with Gasteiger partial charge in [0.15, 0.2) is 0 Å². The second kappa shape index (κ2) is 4.78. The van der Waals surface area contributed by atoms with Crippen LogP contribution in [0.5, 0.6) is 0 Å². The molecule has 1 aliphatic carbocycles. The van der Waals surface area contributed by atoms with Crippen LogP contribution in [0.25, 0.3) is 5.57 Å². The first kappa shape index (κ1) is 13.7. The highest BCUT2D eigenvalue weighted by Gasteiger charge is 2.50. The molecule has 4 heteroatoms. The molecule has 0 radical (unpaired) electrons. The van der Waals surface area contributed by atoms with E-state index in [2.05, 4.69) is 4.98 Å². The monoisotopic (exact) mass is 261 g/mol. The number of rotatable bonds is 3. The molecular formula is C15H19NO3. The van der Waals surface area contributed by atoms with Crippen molar-refractivity contribution >= 4 is 11.5 Å². The predicted octanol–water partition coefficient (Wildman–Crippen LogP) is 2.41. The molecule has 0 bridgehead atoms. The van der Waals surface area contributed by atoms with Gasteiger partial charge in [-0.15, -0.1) is 0 Å². The highest BCUT2D eigenvalue weighted by Crippen LogP contribution is 2.48. The Kier molecular flexibility index (Phi) is 3.45. The molecule has 0 fully saturated rings. The van der Waals surface area contributed by atoms with Gasteiger partial charge in [-0.25, -0.2) is 0 Å². The third kappa shape index (κ3) is 2.06. The van der Waals surface area contributed by atoms with Crippen LogP contribution in [0, 0.1) is 12.3 Å². The summed E-state index contributed by atoms with van der Waals surface area (Å²) >= 11 is 0. The van der Waals surface area contributed by atoms with Crippen LogP contribution in [0.4, 0.5) is 0 Å². The molecule has 19 heavy (non-hydrogen) atoms. The van der Waals surface area contributed by atoms with Crippen LogP contribution in [0.2, 0.25) is 0 Å². The van der Waals surface area contributed by atoms with Crippen molar-refractivity contribution in [3.8, 4) is 0 Å². The molecule has 102 valence electrons. The minimum atomic E-state index is -1.11. The molecule has 0 saturated carbocycles. The van der Waals surface area contributed by atoms with Gasteiger partial charge in [0.1, 0.15) is 5.41 Å². The lowest BCUT2D eigenvalue weighted by atomic mass is 9.79. The van der Waals surface area contributed by atoms with E-state index in [1.165, 1.54) is 0 Å². The molecular weight excluding hydrogens is 242 g/mol. The molecule has 2 rings (SSSR count). The van der Waals surface area contributed by atoms with E-state index in [-0.39, 0.29) is 0 Å². The zero-order valence-electron chi connectivity index (χ0n) is 11.5. The number of aromatic nitrogens is 1. The predicted molar refractivity (Wildman–Crippen MR) is 72.6 cm³/mol. The molecule has 0 saturated heterocycles. The Morgan fingerprint density at radius 1 is 1.47 bits per heavy atom. The Labute approximate surface area is 112 Å². The average Bonchev–Trinajstić information content (AvgIpc) is 2.65. The molecule has 1 aliphatic rings. The third-order valence-corrected chi connectivity index (χ3v) is 4.18. The Morgan fingerprint density at radius 2 is 2.16 bits per heavy atom. The van der Waals surface area contributed by atoms with Crippen molar-refractivity contribution in [3.05, 3.63) is 35.2 Å². The lowest BCUT2D eigenvalue weighted by Crippen LogP contribution is -2.39. The molecule has 2 N–H and O–H groups in total. The van der Waals surface area contributed by atoms with E-state index in [1.54, 1.807) is 20.0 Å². The maximum absolute atomic E-state index is 11.5. The lowest BCUT2D eigenvalue weighted by molar-refractivity contribution is -0.154. The number of pyridine rings is 1. The number of hydrogen-bond donors (Lipinski definition) is 2. The van der Waals surface area contributed by atoms with Gasteiger partial charge in [0.25, 0.3) is 0 Å². The van der Waals surface area contributed by atoms with Crippen molar-refractivity contribution < 1.29 is 15.0 Å². The number of aliphatic hydroxyl groups excluding tert-OH is 1. The first-order valence-corrected chi connectivity index (χ1v) is 6.46. The molecule has 1 aromatic heterocycles. The fraction of sp³-hybridized carbons (Fsp3) is 0.467. The fourth-order valence-electron chi connectivity index (χ4n) is 2.73. The molecule has 0 spiro atoms. The van der Waals surface area contributed by atoms with Gasteiger partial charge in [-0.3, -0.25) is 9.78 Å². The highest BCUT2D eigenvalue weighted by molar-refractivity contribution is 5.84.